The van der Waals surface area contributed by atoms with Crippen molar-refractivity contribution in [2.45, 2.75) is 18.9 Å². The van der Waals surface area contributed by atoms with E-state index in [1.54, 1.807) is 12.1 Å². The van der Waals surface area contributed by atoms with Crippen molar-refractivity contribution in [2.24, 2.45) is 0 Å². The molecule has 0 spiro atoms. The lowest BCUT2D eigenvalue weighted by Crippen LogP contribution is -2.49. The van der Waals surface area contributed by atoms with E-state index in [4.69, 9.17) is 0 Å². The van der Waals surface area contributed by atoms with Crippen LogP contribution in [0, 0.1) is 0 Å². The third kappa shape index (κ3) is 7.04. The maximum Gasteiger partial charge on any atom is 0.319 e. The number of carbonyl (C=O) groups excluding carboxylic acids is 2. The smallest absolute Gasteiger partial charge is 0.319 e. The molecule has 0 aliphatic heterocycles. The fourth-order valence-corrected chi connectivity index (χ4v) is 3.28. The number of rotatable bonds is 8. The minimum atomic E-state index is -0.682. The highest BCUT2D eigenvalue weighted by atomic mass is 79.9. The van der Waals surface area contributed by atoms with Crippen LogP contribution >= 0.6 is 15.9 Å². The second kappa shape index (κ2) is 11.2. The van der Waals surface area contributed by atoms with Crippen LogP contribution in [-0.2, 0) is 17.6 Å². The molecule has 0 fully saturated rings. The fraction of sp³-hybridized carbons (Fsp3) is 0.167. The summed E-state index contributed by atoms with van der Waals surface area (Å²) in [6.45, 7) is 0.504. The van der Waals surface area contributed by atoms with E-state index >= 15 is 0 Å². The van der Waals surface area contributed by atoms with E-state index in [9.17, 15) is 9.59 Å². The quantitative estimate of drug-likeness (QED) is 0.456. The molecule has 0 saturated carbocycles. The van der Waals surface area contributed by atoms with Crippen LogP contribution in [0.15, 0.2) is 89.4 Å². The SMILES string of the molecule is O=C(Nc1ccc(Br)cc1)NC(Cc1ccccc1)C(=O)NCCc1ccccc1. The molecular formula is C24H24BrN3O2. The molecule has 0 radical (unpaired) electrons. The normalized spacial score (nSPS) is 11.4. The number of nitrogens with one attached hydrogen (secondary N) is 3. The first kappa shape index (κ1) is 21.6. The molecule has 0 heterocycles. The minimum absolute atomic E-state index is 0.208. The van der Waals surface area contributed by atoms with E-state index in [-0.39, 0.29) is 5.91 Å². The first-order valence-corrected chi connectivity index (χ1v) is 10.6. The van der Waals surface area contributed by atoms with Gasteiger partial charge < -0.3 is 16.0 Å². The third-order valence-corrected chi connectivity index (χ3v) is 5.09. The molecule has 3 amide bonds. The lowest BCUT2D eigenvalue weighted by molar-refractivity contribution is -0.122. The summed E-state index contributed by atoms with van der Waals surface area (Å²) in [5.41, 5.74) is 2.78. The summed E-state index contributed by atoms with van der Waals surface area (Å²) in [4.78, 5) is 25.3. The maximum atomic E-state index is 12.8. The van der Waals surface area contributed by atoms with Crippen LogP contribution in [0.3, 0.4) is 0 Å². The Morgan fingerprint density at radius 2 is 1.40 bits per heavy atom. The Kier molecular flexibility index (Phi) is 8.03. The predicted octanol–water partition coefficient (Wildman–Crippen LogP) is 4.54. The number of anilines is 1. The molecule has 1 unspecified atom stereocenters. The molecule has 0 aromatic heterocycles. The molecule has 0 aliphatic carbocycles. The van der Waals surface area contributed by atoms with E-state index in [0.29, 0.717) is 18.7 Å². The van der Waals surface area contributed by atoms with Crippen LogP contribution < -0.4 is 16.0 Å². The van der Waals surface area contributed by atoms with Gasteiger partial charge in [-0.25, -0.2) is 4.79 Å². The van der Waals surface area contributed by atoms with Crippen LogP contribution in [-0.4, -0.2) is 24.5 Å². The lowest BCUT2D eigenvalue weighted by Gasteiger charge is -2.19. The molecule has 3 aromatic rings. The lowest BCUT2D eigenvalue weighted by atomic mass is 10.1. The number of amides is 3. The zero-order valence-corrected chi connectivity index (χ0v) is 18.1. The van der Waals surface area contributed by atoms with E-state index in [2.05, 4.69) is 31.9 Å². The fourth-order valence-electron chi connectivity index (χ4n) is 3.02. The van der Waals surface area contributed by atoms with Crippen LogP contribution in [0.1, 0.15) is 11.1 Å². The monoisotopic (exact) mass is 465 g/mol. The van der Waals surface area contributed by atoms with Gasteiger partial charge >= 0.3 is 6.03 Å². The van der Waals surface area contributed by atoms with Crippen molar-refractivity contribution in [3.05, 3.63) is 101 Å². The standard InChI is InChI=1S/C24H24BrN3O2/c25-20-11-13-21(14-12-20)27-24(30)28-22(17-19-9-5-2-6-10-19)23(29)26-16-15-18-7-3-1-4-8-18/h1-14,22H,15-17H2,(H,26,29)(H2,27,28,30). The van der Waals surface area contributed by atoms with E-state index in [1.807, 2.05) is 72.8 Å². The highest BCUT2D eigenvalue weighted by molar-refractivity contribution is 9.10. The van der Waals surface area contributed by atoms with Crippen LogP contribution in [0.2, 0.25) is 0 Å². The molecule has 30 heavy (non-hydrogen) atoms. The summed E-state index contributed by atoms with van der Waals surface area (Å²) in [7, 11) is 0. The van der Waals surface area contributed by atoms with Crippen molar-refractivity contribution in [1.82, 2.24) is 10.6 Å². The van der Waals surface area contributed by atoms with Crippen molar-refractivity contribution in [3.63, 3.8) is 0 Å². The molecule has 0 aliphatic rings. The van der Waals surface area contributed by atoms with Crippen LogP contribution in [0.5, 0.6) is 0 Å². The van der Waals surface area contributed by atoms with Crippen molar-refractivity contribution in [3.8, 4) is 0 Å². The summed E-state index contributed by atoms with van der Waals surface area (Å²) in [5.74, 6) is -0.208. The van der Waals surface area contributed by atoms with Gasteiger partial charge in [0, 0.05) is 23.1 Å². The molecule has 3 N–H and O–H groups in total. The maximum absolute atomic E-state index is 12.8. The highest BCUT2D eigenvalue weighted by Crippen LogP contribution is 2.14. The largest absolute Gasteiger partial charge is 0.354 e. The predicted molar refractivity (Wildman–Crippen MR) is 123 cm³/mol. The Morgan fingerprint density at radius 1 is 0.800 bits per heavy atom. The average molecular weight is 466 g/mol. The molecule has 0 saturated heterocycles. The first-order chi connectivity index (χ1) is 14.6. The van der Waals surface area contributed by atoms with Gasteiger partial charge in [-0.2, -0.15) is 0 Å². The number of benzene rings is 3. The molecule has 6 heteroatoms. The zero-order chi connectivity index (χ0) is 21.2. The van der Waals surface area contributed by atoms with Crippen molar-refractivity contribution in [1.29, 1.82) is 0 Å². The van der Waals surface area contributed by atoms with Crippen molar-refractivity contribution in [2.75, 3.05) is 11.9 Å². The molecule has 154 valence electrons. The molecule has 5 nitrogen and oxygen atoms in total. The molecule has 1 atom stereocenters. The van der Waals surface area contributed by atoms with Gasteiger partial charge in [0.05, 0.1) is 0 Å². The van der Waals surface area contributed by atoms with E-state index < -0.39 is 12.1 Å². The number of urea groups is 1. The van der Waals surface area contributed by atoms with Crippen LogP contribution in [0.25, 0.3) is 0 Å². The molecule has 3 aromatic carbocycles. The molecular weight excluding hydrogens is 442 g/mol. The minimum Gasteiger partial charge on any atom is -0.354 e. The molecule has 0 bridgehead atoms. The number of carbonyl (C=O) groups is 2. The van der Waals surface area contributed by atoms with Crippen molar-refractivity contribution < 1.29 is 9.59 Å². The van der Waals surface area contributed by atoms with Crippen molar-refractivity contribution >= 4 is 33.6 Å². The van der Waals surface area contributed by atoms with Gasteiger partial charge in [-0.15, -0.1) is 0 Å². The average Bonchev–Trinajstić information content (AvgIpc) is 2.76. The van der Waals surface area contributed by atoms with Gasteiger partial charge in [-0.05, 0) is 41.8 Å². The Bertz CT molecular complexity index is 947. The Hall–Kier alpha value is -3.12. The van der Waals surface area contributed by atoms with Gasteiger partial charge in [0.1, 0.15) is 6.04 Å². The summed E-state index contributed by atoms with van der Waals surface area (Å²) < 4.78 is 0.924. The summed E-state index contributed by atoms with van der Waals surface area (Å²) in [6, 6.07) is 25.8. The number of hydrogen-bond acceptors (Lipinski definition) is 2. The second-order valence-electron chi connectivity index (χ2n) is 6.87. The second-order valence-corrected chi connectivity index (χ2v) is 7.79. The van der Waals surface area contributed by atoms with Gasteiger partial charge in [-0.3, -0.25) is 4.79 Å². The number of hydrogen-bond donors (Lipinski definition) is 3. The summed E-state index contributed by atoms with van der Waals surface area (Å²) in [5, 5.41) is 8.52. The Balaban J connectivity index is 1.60. The number of halogens is 1. The summed E-state index contributed by atoms with van der Waals surface area (Å²) >= 11 is 3.37. The first-order valence-electron chi connectivity index (χ1n) is 9.79. The molecule has 3 rings (SSSR count). The Labute approximate surface area is 185 Å². The van der Waals surface area contributed by atoms with Gasteiger partial charge in [0.25, 0.3) is 0 Å². The van der Waals surface area contributed by atoms with Gasteiger partial charge in [0.2, 0.25) is 5.91 Å². The topological polar surface area (TPSA) is 70.2 Å². The highest BCUT2D eigenvalue weighted by Gasteiger charge is 2.21. The van der Waals surface area contributed by atoms with Gasteiger partial charge in [0.15, 0.2) is 0 Å². The van der Waals surface area contributed by atoms with Gasteiger partial charge in [-0.1, -0.05) is 76.6 Å². The van der Waals surface area contributed by atoms with E-state index in [1.165, 1.54) is 0 Å². The van der Waals surface area contributed by atoms with Crippen LogP contribution in [0.4, 0.5) is 10.5 Å². The zero-order valence-electron chi connectivity index (χ0n) is 16.5. The summed E-state index contributed by atoms with van der Waals surface area (Å²) in [6.07, 6.45) is 1.14. The Morgan fingerprint density at radius 3 is 2.03 bits per heavy atom. The third-order valence-electron chi connectivity index (χ3n) is 4.56. The van der Waals surface area contributed by atoms with E-state index in [0.717, 1.165) is 22.0 Å².